The average Bonchev–Trinajstić information content (AvgIpc) is 3.01. The third-order valence-corrected chi connectivity index (χ3v) is 4.90. The quantitative estimate of drug-likeness (QED) is 0.325. The second kappa shape index (κ2) is 8.33. The Labute approximate surface area is 159 Å². The molecule has 0 heterocycles. The molecule has 1 aliphatic carbocycles. The highest BCUT2D eigenvalue weighted by molar-refractivity contribution is 5.82. The van der Waals surface area contributed by atoms with Crippen LogP contribution in [0, 0.1) is 5.92 Å². The second-order valence-electron chi connectivity index (χ2n) is 7.14. The first-order chi connectivity index (χ1) is 13.1. The third kappa shape index (κ3) is 3.86. The van der Waals surface area contributed by atoms with Crippen LogP contribution in [0.5, 0.6) is 0 Å². The molecule has 0 bridgehead atoms. The molecule has 6 heteroatoms. The molecule has 1 atom stereocenters. The molecule has 27 heavy (non-hydrogen) atoms. The molecule has 0 radical (unpaired) electrons. The van der Waals surface area contributed by atoms with E-state index < -0.39 is 11.9 Å². The molecule has 2 aromatic rings. The van der Waals surface area contributed by atoms with Gasteiger partial charge < -0.3 is 0 Å². The minimum atomic E-state index is -0.764. The summed E-state index contributed by atoms with van der Waals surface area (Å²) in [6.07, 6.45) is 1.01. The number of hydroxylamine groups is 2. The maximum atomic E-state index is 12.1. The fourth-order valence-electron chi connectivity index (χ4n) is 3.66. The number of hydrogen-bond acceptors (Lipinski definition) is 4. The number of rotatable bonds is 8. The van der Waals surface area contributed by atoms with Crippen LogP contribution in [-0.2, 0) is 14.4 Å². The lowest BCUT2D eigenvalue weighted by molar-refractivity contribution is -0.192. The first kappa shape index (κ1) is 19.1. The van der Waals surface area contributed by atoms with E-state index in [0.717, 1.165) is 16.2 Å². The lowest BCUT2D eigenvalue weighted by Crippen LogP contribution is -2.49. The highest BCUT2D eigenvalue weighted by Crippen LogP contribution is 2.44. The number of carbonyl (C=O) groups excluding carboxylic acids is 2. The predicted molar refractivity (Wildman–Crippen MR) is 103 cm³/mol. The van der Waals surface area contributed by atoms with Crippen molar-refractivity contribution in [2.24, 2.45) is 11.8 Å². The molecule has 0 fully saturated rings. The molecular weight excluding hydrogens is 342 g/mol. The Morgan fingerprint density at radius 2 is 1.70 bits per heavy atom. The van der Waals surface area contributed by atoms with Gasteiger partial charge in [-0.1, -0.05) is 62.4 Å². The zero-order valence-corrected chi connectivity index (χ0v) is 15.6. The van der Waals surface area contributed by atoms with Crippen LogP contribution in [0.1, 0.15) is 37.3 Å². The van der Waals surface area contributed by atoms with Crippen LogP contribution in [0.3, 0.4) is 0 Å². The maximum absolute atomic E-state index is 12.1. The van der Waals surface area contributed by atoms with Crippen LogP contribution in [0.4, 0.5) is 0 Å². The number of nitrogens with two attached hydrogens (primary N) is 1. The summed E-state index contributed by atoms with van der Waals surface area (Å²) in [6, 6.07) is 15.6. The Kier molecular flexibility index (Phi) is 5.88. The van der Waals surface area contributed by atoms with Crippen molar-refractivity contribution in [1.29, 1.82) is 0 Å². The van der Waals surface area contributed by atoms with E-state index in [1.54, 1.807) is 0 Å². The number of hydrogen-bond donors (Lipinski definition) is 2. The smallest absolute Gasteiger partial charge is 0.259 e. The van der Waals surface area contributed by atoms with Gasteiger partial charge in [0.15, 0.2) is 0 Å². The van der Waals surface area contributed by atoms with Crippen LogP contribution >= 0.6 is 0 Å². The van der Waals surface area contributed by atoms with Crippen molar-refractivity contribution in [3.63, 3.8) is 0 Å². The zero-order valence-electron chi connectivity index (χ0n) is 15.6. The van der Waals surface area contributed by atoms with Gasteiger partial charge in [-0.25, -0.2) is 10.9 Å². The third-order valence-electron chi connectivity index (χ3n) is 4.90. The minimum absolute atomic E-state index is 0.000452. The Morgan fingerprint density at radius 3 is 2.19 bits per heavy atom. The van der Waals surface area contributed by atoms with Crippen molar-refractivity contribution in [1.82, 2.24) is 10.5 Å². The fourth-order valence-corrected chi connectivity index (χ4v) is 3.66. The van der Waals surface area contributed by atoms with Gasteiger partial charge in [-0.2, -0.15) is 0 Å². The Morgan fingerprint density at radius 1 is 1.15 bits per heavy atom. The van der Waals surface area contributed by atoms with Crippen LogP contribution in [0.2, 0.25) is 0 Å². The van der Waals surface area contributed by atoms with Crippen molar-refractivity contribution in [2.45, 2.75) is 32.2 Å². The Balaban J connectivity index is 1.82. The summed E-state index contributed by atoms with van der Waals surface area (Å²) in [5.74, 6) is 5.05. The van der Waals surface area contributed by atoms with E-state index in [9.17, 15) is 9.59 Å². The van der Waals surface area contributed by atoms with Gasteiger partial charge in [-0.3, -0.25) is 19.9 Å². The summed E-state index contributed by atoms with van der Waals surface area (Å²) in [7, 11) is 0. The zero-order chi connectivity index (χ0) is 19.4. The number of nitrogens with one attached hydrogen (secondary N) is 1. The normalized spacial score (nSPS) is 13.8. The molecule has 0 saturated heterocycles. The number of nitrogens with zero attached hydrogens (tertiary/aromatic N) is 1. The molecule has 3 rings (SSSR count). The Bertz CT molecular complexity index is 776. The highest BCUT2D eigenvalue weighted by atomic mass is 16.7. The van der Waals surface area contributed by atoms with E-state index in [1.165, 1.54) is 11.1 Å². The van der Waals surface area contributed by atoms with Crippen molar-refractivity contribution in [3.8, 4) is 11.1 Å². The molecule has 6 nitrogen and oxygen atoms in total. The SMILES string of the molecule is CC(C)C[C@@H](C(=O)NN)N(C=O)OCC1c2ccccc2-c2ccccc21. The molecule has 0 aliphatic heterocycles. The number of hydrazine groups is 1. The van der Waals surface area contributed by atoms with E-state index in [0.29, 0.717) is 12.8 Å². The molecule has 3 N–H and O–H groups in total. The Hall–Kier alpha value is -2.70. The fraction of sp³-hybridized carbons (Fsp3) is 0.333. The van der Waals surface area contributed by atoms with Gasteiger partial charge in [-0.15, -0.1) is 0 Å². The standard InChI is InChI=1S/C21H25N3O3/c1-14(2)11-20(21(26)23-22)24(13-25)27-12-19-17-9-5-3-7-15(17)16-8-4-6-10-18(16)19/h3-10,13-14,19-20H,11-12,22H2,1-2H3,(H,23,26)/t20-/m0/s1. The molecular formula is C21H25N3O3. The van der Waals surface area contributed by atoms with E-state index >= 15 is 0 Å². The topological polar surface area (TPSA) is 84.7 Å². The van der Waals surface area contributed by atoms with Gasteiger partial charge >= 0.3 is 0 Å². The molecule has 0 spiro atoms. The lowest BCUT2D eigenvalue weighted by Gasteiger charge is -2.28. The molecule has 0 aromatic heterocycles. The highest BCUT2D eigenvalue weighted by Gasteiger charge is 2.31. The molecule has 0 saturated carbocycles. The largest absolute Gasteiger partial charge is 0.292 e. The molecule has 2 aromatic carbocycles. The first-order valence-corrected chi connectivity index (χ1v) is 9.12. The van der Waals surface area contributed by atoms with Gasteiger partial charge in [-0.05, 0) is 34.6 Å². The summed E-state index contributed by atoms with van der Waals surface area (Å²) in [6.45, 7) is 4.21. The van der Waals surface area contributed by atoms with Gasteiger partial charge in [0.2, 0.25) is 6.41 Å². The summed E-state index contributed by atoms with van der Waals surface area (Å²) in [5, 5.41) is 1.09. The predicted octanol–water partition coefficient (Wildman–Crippen LogP) is 2.59. The summed E-state index contributed by atoms with van der Waals surface area (Å²) < 4.78 is 0. The van der Waals surface area contributed by atoms with Crippen LogP contribution < -0.4 is 11.3 Å². The van der Waals surface area contributed by atoms with Crippen LogP contribution in [0.15, 0.2) is 48.5 Å². The number of carbonyl (C=O) groups is 2. The molecule has 0 unspecified atom stereocenters. The molecule has 1 aliphatic rings. The van der Waals surface area contributed by atoms with E-state index in [-0.39, 0.29) is 18.4 Å². The molecule has 2 amide bonds. The monoisotopic (exact) mass is 367 g/mol. The maximum Gasteiger partial charge on any atom is 0.259 e. The van der Waals surface area contributed by atoms with Gasteiger partial charge in [0.25, 0.3) is 5.91 Å². The van der Waals surface area contributed by atoms with Gasteiger partial charge in [0, 0.05) is 5.92 Å². The average molecular weight is 367 g/mol. The van der Waals surface area contributed by atoms with Gasteiger partial charge in [0.05, 0.1) is 6.61 Å². The van der Waals surface area contributed by atoms with Crippen LogP contribution in [-0.4, -0.2) is 30.0 Å². The first-order valence-electron chi connectivity index (χ1n) is 9.12. The lowest BCUT2D eigenvalue weighted by atomic mass is 9.98. The van der Waals surface area contributed by atoms with E-state index in [4.69, 9.17) is 10.7 Å². The van der Waals surface area contributed by atoms with Crippen molar-refractivity contribution in [2.75, 3.05) is 6.61 Å². The van der Waals surface area contributed by atoms with Gasteiger partial charge in [0.1, 0.15) is 6.04 Å². The number of fused-ring (bicyclic) bond motifs is 3. The van der Waals surface area contributed by atoms with E-state index in [1.807, 2.05) is 38.1 Å². The number of benzene rings is 2. The van der Waals surface area contributed by atoms with Crippen molar-refractivity contribution >= 4 is 12.3 Å². The van der Waals surface area contributed by atoms with Crippen molar-refractivity contribution < 1.29 is 14.4 Å². The van der Waals surface area contributed by atoms with E-state index in [2.05, 4.69) is 29.7 Å². The van der Waals surface area contributed by atoms with Crippen LogP contribution in [0.25, 0.3) is 11.1 Å². The minimum Gasteiger partial charge on any atom is -0.292 e. The summed E-state index contributed by atoms with van der Waals surface area (Å²) in [5.41, 5.74) is 6.80. The summed E-state index contributed by atoms with van der Waals surface area (Å²) in [4.78, 5) is 29.6. The summed E-state index contributed by atoms with van der Waals surface area (Å²) >= 11 is 0. The number of amides is 2. The van der Waals surface area contributed by atoms with Crippen molar-refractivity contribution in [3.05, 3.63) is 59.7 Å². The second-order valence-corrected chi connectivity index (χ2v) is 7.14. The molecule has 142 valence electrons.